The van der Waals surface area contributed by atoms with Crippen molar-refractivity contribution in [3.8, 4) is 6.07 Å². The van der Waals surface area contributed by atoms with E-state index in [1.54, 1.807) is 6.07 Å². The normalized spacial score (nSPS) is 19.0. The van der Waals surface area contributed by atoms with Crippen LogP contribution in [-0.2, 0) is 0 Å². The Balaban J connectivity index is 2.06. The third-order valence-electron chi connectivity index (χ3n) is 3.17. The molecule has 17 heavy (non-hydrogen) atoms. The average molecular weight is 250 g/mol. The lowest BCUT2D eigenvalue weighted by Gasteiger charge is -2.23. The second-order valence-corrected chi connectivity index (χ2v) is 4.86. The summed E-state index contributed by atoms with van der Waals surface area (Å²) in [5.41, 5.74) is 1.59. The molecule has 0 radical (unpaired) electrons. The number of likely N-dealkylation sites (N-methyl/N-ethyl adjacent to an activating group) is 1. The molecule has 1 N–H and O–H groups in total. The zero-order valence-corrected chi connectivity index (χ0v) is 10.7. The summed E-state index contributed by atoms with van der Waals surface area (Å²) in [5, 5.41) is 12.8. The van der Waals surface area contributed by atoms with Gasteiger partial charge in [-0.05, 0) is 37.6 Å². The van der Waals surface area contributed by atoms with E-state index in [2.05, 4.69) is 23.3 Å². The summed E-state index contributed by atoms with van der Waals surface area (Å²) in [5.74, 6) is 0. The van der Waals surface area contributed by atoms with Crippen LogP contribution in [0, 0.1) is 11.3 Å². The molecule has 0 aliphatic carbocycles. The van der Waals surface area contributed by atoms with Gasteiger partial charge in [0.25, 0.3) is 0 Å². The van der Waals surface area contributed by atoms with E-state index in [1.165, 1.54) is 12.8 Å². The average Bonchev–Trinajstić information content (AvgIpc) is 2.81. The SMILES string of the molecule is CN(CC1CCCN1)c1ccc(C#N)c(Cl)c1. The first-order valence-electron chi connectivity index (χ1n) is 5.85. The Hall–Kier alpha value is -1.24. The van der Waals surface area contributed by atoms with Crippen molar-refractivity contribution in [3.05, 3.63) is 28.8 Å². The van der Waals surface area contributed by atoms with Crippen molar-refractivity contribution >= 4 is 17.3 Å². The van der Waals surface area contributed by atoms with E-state index >= 15 is 0 Å². The lowest BCUT2D eigenvalue weighted by molar-refractivity contribution is 0.600. The van der Waals surface area contributed by atoms with E-state index < -0.39 is 0 Å². The summed E-state index contributed by atoms with van der Waals surface area (Å²) in [4.78, 5) is 2.18. The van der Waals surface area contributed by atoms with Gasteiger partial charge in [-0.25, -0.2) is 0 Å². The second kappa shape index (κ2) is 5.39. The fourth-order valence-electron chi connectivity index (χ4n) is 2.18. The maximum absolute atomic E-state index is 8.82. The first-order chi connectivity index (χ1) is 8.20. The quantitative estimate of drug-likeness (QED) is 0.894. The predicted octanol–water partition coefficient (Wildman–Crippen LogP) is 2.40. The first-order valence-corrected chi connectivity index (χ1v) is 6.22. The van der Waals surface area contributed by atoms with Gasteiger partial charge in [-0.3, -0.25) is 0 Å². The van der Waals surface area contributed by atoms with Crippen LogP contribution in [0.4, 0.5) is 5.69 Å². The molecule has 0 amide bonds. The predicted molar refractivity (Wildman–Crippen MR) is 70.5 cm³/mol. The van der Waals surface area contributed by atoms with Gasteiger partial charge in [0.05, 0.1) is 10.6 Å². The number of nitrogens with one attached hydrogen (secondary N) is 1. The van der Waals surface area contributed by atoms with Crippen LogP contribution in [0.25, 0.3) is 0 Å². The van der Waals surface area contributed by atoms with Gasteiger partial charge >= 0.3 is 0 Å². The van der Waals surface area contributed by atoms with Gasteiger partial charge in [0.1, 0.15) is 6.07 Å². The molecule has 1 aliphatic heterocycles. The van der Waals surface area contributed by atoms with Crippen molar-refractivity contribution < 1.29 is 0 Å². The van der Waals surface area contributed by atoms with Gasteiger partial charge in [0, 0.05) is 25.3 Å². The monoisotopic (exact) mass is 249 g/mol. The van der Waals surface area contributed by atoms with Crippen LogP contribution >= 0.6 is 11.6 Å². The number of nitriles is 1. The highest BCUT2D eigenvalue weighted by molar-refractivity contribution is 6.32. The Kier molecular flexibility index (Phi) is 3.88. The molecule has 1 aromatic rings. The van der Waals surface area contributed by atoms with Crippen molar-refractivity contribution in [1.82, 2.24) is 5.32 Å². The van der Waals surface area contributed by atoms with Crippen LogP contribution in [-0.4, -0.2) is 26.2 Å². The Labute approximate surface area is 107 Å². The standard InChI is InChI=1S/C13H16ClN3/c1-17(9-11-3-2-6-16-11)12-5-4-10(8-15)13(14)7-12/h4-5,7,11,16H,2-3,6,9H2,1H3. The molecule has 1 aromatic carbocycles. The first kappa shape index (κ1) is 12.2. The highest BCUT2D eigenvalue weighted by Gasteiger charge is 2.16. The summed E-state index contributed by atoms with van der Waals surface area (Å²) in [6.45, 7) is 2.09. The number of benzene rings is 1. The summed E-state index contributed by atoms with van der Waals surface area (Å²) in [6, 6.07) is 8.21. The van der Waals surface area contributed by atoms with E-state index in [0.29, 0.717) is 16.6 Å². The number of hydrogen-bond donors (Lipinski definition) is 1. The number of halogens is 1. The minimum Gasteiger partial charge on any atom is -0.373 e. The van der Waals surface area contributed by atoms with Crippen LogP contribution in [0.5, 0.6) is 0 Å². The maximum atomic E-state index is 8.82. The molecule has 1 saturated heterocycles. The molecule has 1 atom stereocenters. The number of nitrogens with zero attached hydrogens (tertiary/aromatic N) is 2. The van der Waals surface area contributed by atoms with Gasteiger partial charge in [0.15, 0.2) is 0 Å². The molecule has 0 aromatic heterocycles. The molecule has 2 rings (SSSR count). The molecule has 0 bridgehead atoms. The molecule has 1 aliphatic rings. The minimum atomic E-state index is 0.524. The Bertz CT molecular complexity index is 433. The number of hydrogen-bond acceptors (Lipinski definition) is 3. The minimum absolute atomic E-state index is 0.524. The maximum Gasteiger partial charge on any atom is 0.101 e. The highest BCUT2D eigenvalue weighted by atomic mass is 35.5. The summed E-state index contributed by atoms with van der Waals surface area (Å²) >= 11 is 6.03. The molecule has 3 nitrogen and oxygen atoms in total. The van der Waals surface area contributed by atoms with Crippen molar-refractivity contribution in [2.24, 2.45) is 0 Å². The fraction of sp³-hybridized carbons (Fsp3) is 0.462. The van der Waals surface area contributed by atoms with Crippen molar-refractivity contribution in [3.63, 3.8) is 0 Å². The topological polar surface area (TPSA) is 39.1 Å². The molecule has 0 spiro atoms. The number of rotatable bonds is 3. The smallest absolute Gasteiger partial charge is 0.101 e. The molecule has 90 valence electrons. The second-order valence-electron chi connectivity index (χ2n) is 4.45. The lowest BCUT2D eigenvalue weighted by Crippen LogP contribution is -2.35. The van der Waals surface area contributed by atoms with Crippen molar-refractivity contribution in [2.45, 2.75) is 18.9 Å². The summed E-state index contributed by atoms with van der Waals surface area (Å²) in [6.07, 6.45) is 2.49. The Morgan fingerprint density at radius 2 is 2.41 bits per heavy atom. The van der Waals surface area contributed by atoms with Gasteiger partial charge in [0.2, 0.25) is 0 Å². The molecule has 1 heterocycles. The van der Waals surface area contributed by atoms with Crippen molar-refractivity contribution in [1.29, 1.82) is 5.26 Å². The van der Waals surface area contributed by atoms with Crippen molar-refractivity contribution in [2.75, 3.05) is 25.0 Å². The zero-order valence-electron chi connectivity index (χ0n) is 9.91. The molecule has 1 unspecified atom stereocenters. The zero-order chi connectivity index (χ0) is 12.3. The fourth-order valence-corrected chi connectivity index (χ4v) is 2.40. The molecule has 4 heteroatoms. The van der Waals surface area contributed by atoms with Crippen LogP contribution in [0.15, 0.2) is 18.2 Å². The Morgan fingerprint density at radius 1 is 1.59 bits per heavy atom. The Morgan fingerprint density at radius 3 is 3.00 bits per heavy atom. The van der Waals surface area contributed by atoms with Crippen LogP contribution < -0.4 is 10.2 Å². The van der Waals surface area contributed by atoms with Gasteiger partial charge in [-0.2, -0.15) is 5.26 Å². The third kappa shape index (κ3) is 2.91. The number of anilines is 1. The molecule has 1 fully saturated rings. The van der Waals surface area contributed by atoms with Crippen LogP contribution in [0.2, 0.25) is 5.02 Å². The van der Waals surface area contributed by atoms with Gasteiger partial charge < -0.3 is 10.2 Å². The van der Waals surface area contributed by atoms with Gasteiger partial charge in [-0.1, -0.05) is 11.6 Å². The van der Waals surface area contributed by atoms with E-state index in [-0.39, 0.29) is 0 Å². The van der Waals surface area contributed by atoms with Crippen LogP contribution in [0.1, 0.15) is 18.4 Å². The van der Waals surface area contributed by atoms with E-state index in [9.17, 15) is 0 Å². The van der Waals surface area contributed by atoms with E-state index in [0.717, 1.165) is 18.8 Å². The lowest BCUT2D eigenvalue weighted by atomic mass is 10.2. The highest BCUT2D eigenvalue weighted by Crippen LogP contribution is 2.23. The largest absolute Gasteiger partial charge is 0.373 e. The summed E-state index contributed by atoms with van der Waals surface area (Å²) < 4.78 is 0. The third-order valence-corrected chi connectivity index (χ3v) is 3.48. The molecule has 0 saturated carbocycles. The van der Waals surface area contributed by atoms with Gasteiger partial charge in [-0.15, -0.1) is 0 Å². The van der Waals surface area contributed by atoms with E-state index in [1.807, 2.05) is 12.1 Å². The molecular formula is C13H16ClN3. The molecular weight excluding hydrogens is 234 g/mol. The van der Waals surface area contributed by atoms with E-state index in [4.69, 9.17) is 16.9 Å². The van der Waals surface area contributed by atoms with Crippen LogP contribution in [0.3, 0.4) is 0 Å². The summed E-state index contributed by atoms with van der Waals surface area (Å²) in [7, 11) is 2.05.